The third kappa shape index (κ3) is 3.90. The van der Waals surface area contributed by atoms with Gasteiger partial charge < -0.3 is 5.73 Å². The maximum Gasteiger partial charge on any atom is 0.279 e. The predicted molar refractivity (Wildman–Crippen MR) is 79.0 cm³/mol. The highest BCUT2D eigenvalue weighted by molar-refractivity contribution is 7.87. The molecule has 0 aromatic rings. The van der Waals surface area contributed by atoms with Crippen LogP contribution in [0.25, 0.3) is 0 Å². The van der Waals surface area contributed by atoms with Gasteiger partial charge >= 0.3 is 0 Å². The minimum Gasteiger partial charge on any atom is -0.329 e. The van der Waals surface area contributed by atoms with Gasteiger partial charge in [-0.25, -0.2) is 4.72 Å². The first-order valence-electron chi connectivity index (χ1n) is 7.39. The van der Waals surface area contributed by atoms with Gasteiger partial charge in [0.25, 0.3) is 10.2 Å². The Morgan fingerprint density at radius 2 is 2.11 bits per heavy atom. The second kappa shape index (κ2) is 7.02. The van der Waals surface area contributed by atoms with Crippen molar-refractivity contribution in [3.05, 3.63) is 0 Å². The van der Waals surface area contributed by atoms with Crippen molar-refractivity contribution in [2.24, 2.45) is 11.7 Å². The fraction of sp³-hybridized carbons (Fsp3) is 1.00. The molecule has 1 aliphatic rings. The third-order valence-electron chi connectivity index (χ3n) is 4.09. The fourth-order valence-corrected chi connectivity index (χ4v) is 4.92. The van der Waals surface area contributed by atoms with Crippen LogP contribution in [0.2, 0.25) is 0 Å². The van der Waals surface area contributed by atoms with E-state index in [1.54, 1.807) is 4.31 Å². The molecule has 1 rings (SSSR count). The lowest BCUT2D eigenvalue weighted by molar-refractivity contribution is 0.111. The fourth-order valence-electron chi connectivity index (χ4n) is 3.22. The molecule has 0 aliphatic heterocycles. The summed E-state index contributed by atoms with van der Waals surface area (Å²) in [6.45, 7) is 7.39. The zero-order valence-electron chi connectivity index (χ0n) is 12.5. The van der Waals surface area contributed by atoms with E-state index in [-0.39, 0.29) is 0 Å². The minimum absolute atomic E-state index is 0.397. The van der Waals surface area contributed by atoms with Crippen LogP contribution >= 0.6 is 0 Å². The van der Waals surface area contributed by atoms with Crippen molar-refractivity contribution in [2.45, 2.75) is 58.4 Å². The molecule has 0 saturated heterocycles. The SMILES string of the molecule is CCCNS(=O)(=O)N(CC)C1(CN)CCCC(C)C1. The van der Waals surface area contributed by atoms with Crippen molar-refractivity contribution in [3.8, 4) is 0 Å². The summed E-state index contributed by atoms with van der Waals surface area (Å²) in [6, 6.07) is 0. The van der Waals surface area contributed by atoms with Crippen LogP contribution in [0.4, 0.5) is 0 Å². The topological polar surface area (TPSA) is 75.4 Å². The van der Waals surface area contributed by atoms with Crippen LogP contribution in [0.1, 0.15) is 52.9 Å². The monoisotopic (exact) mass is 291 g/mol. The number of nitrogens with zero attached hydrogens (tertiary/aromatic N) is 1. The van der Waals surface area contributed by atoms with Crippen molar-refractivity contribution < 1.29 is 8.42 Å². The number of hydrogen-bond donors (Lipinski definition) is 2. The molecule has 0 bridgehead atoms. The Hall–Kier alpha value is -0.170. The zero-order valence-corrected chi connectivity index (χ0v) is 13.3. The molecule has 1 aliphatic carbocycles. The minimum atomic E-state index is -3.42. The van der Waals surface area contributed by atoms with Crippen LogP contribution < -0.4 is 10.5 Å². The van der Waals surface area contributed by atoms with Gasteiger partial charge in [-0.15, -0.1) is 0 Å². The molecule has 19 heavy (non-hydrogen) atoms. The second-order valence-corrected chi connectivity index (χ2v) is 7.37. The van der Waals surface area contributed by atoms with E-state index >= 15 is 0 Å². The molecule has 0 aromatic carbocycles. The predicted octanol–water partition coefficient (Wildman–Crippen LogP) is 1.46. The van der Waals surface area contributed by atoms with Gasteiger partial charge in [0.1, 0.15) is 0 Å². The zero-order chi connectivity index (χ0) is 14.5. The van der Waals surface area contributed by atoms with E-state index in [0.29, 0.717) is 25.6 Å². The molecule has 0 amide bonds. The van der Waals surface area contributed by atoms with Crippen molar-refractivity contribution in [1.82, 2.24) is 9.03 Å². The second-order valence-electron chi connectivity index (χ2n) is 5.69. The van der Waals surface area contributed by atoms with Crippen LogP contribution in [0, 0.1) is 5.92 Å². The van der Waals surface area contributed by atoms with Crippen LogP contribution in [0.3, 0.4) is 0 Å². The molecule has 2 unspecified atom stereocenters. The molecule has 114 valence electrons. The van der Waals surface area contributed by atoms with E-state index in [9.17, 15) is 8.42 Å². The molecular formula is C13H29N3O2S. The normalized spacial score (nSPS) is 28.8. The molecule has 1 fully saturated rings. The first-order valence-corrected chi connectivity index (χ1v) is 8.83. The van der Waals surface area contributed by atoms with Crippen LogP contribution in [-0.2, 0) is 10.2 Å². The number of hydrogen-bond acceptors (Lipinski definition) is 3. The molecule has 2 atom stereocenters. The van der Waals surface area contributed by atoms with E-state index in [2.05, 4.69) is 11.6 Å². The highest BCUT2D eigenvalue weighted by Crippen LogP contribution is 2.37. The van der Waals surface area contributed by atoms with Crippen molar-refractivity contribution in [1.29, 1.82) is 0 Å². The molecule has 0 heterocycles. The number of likely N-dealkylation sites (N-methyl/N-ethyl adjacent to an activating group) is 1. The van der Waals surface area contributed by atoms with E-state index in [1.807, 2.05) is 13.8 Å². The lowest BCUT2D eigenvalue weighted by atomic mass is 9.76. The number of nitrogens with one attached hydrogen (secondary N) is 1. The maximum absolute atomic E-state index is 12.4. The highest BCUT2D eigenvalue weighted by Gasteiger charge is 2.43. The maximum atomic E-state index is 12.4. The number of nitrogens with two attached hydrogens (primary N) is 1. The highest BCUT2D eigenvalue weighted by atomic mass is 32.2. The Bertz CT molecular complexity index is 372. The molecule has 0 aromatic heterocycles. The standard InChI is InChI=1S/C13H29N3O2S/c1-4-9-15-19(17,18)16(5-2)13(11-14)8-6-7-12(3)10-13/h12,15H,4-11,14H2,1-3H3. The van der Waals surface area contributed by atoms with Crippen molar-refractivity contribution in [2.75, 3.05) is 19.6 Å². The third-order valence-corrected chi connectivity index (χ3v) is 5.88. The molecule has 0 radical (unpaired) electrons. The largest absolute Gasteiger partial charge is 0.329 e. The summed E-state index contributed by atoms with van der Waals surface area (Å²) < 4.78 is 29.2. The Balaban J connectivity index is 2.98. The van der Waals surface area contributed by atoms with Gasteiger partial charge in [0.2, 0.25) is 0 Å². The van der Waals surface area contributed by atoms with Crippen LogP contribution in [0.15, 0.2) is 0 Å². The molecule has 3 N–H and O–H groups in total. The van der Waals surface area contributed by atoms with Gasteiger partial charge in [-0.05, 0) is 25.2 Å². The Kier molecular flexibility index (Phi) is 6.23. The molecule has 0 spiro atoms. The van der Waals surface area contributed by atoms with E-state index in [1.165, 1.54) is 6.42 Å². The van der Waals surface area contributed by atoms with Crippen LogP contribution in [-0.4, -0.2) is 37.9 Å². The summed E-state index contributed by atoms with van der Waals surface area (Å²) in [5.41, 5.74) is 5.57. The molecule has 1 saturated carbocycles. The summed E-state index contributed by atoms with van der Waals surface area (Å²) in [5, 5.41) is 0. The van der Waals surface area contributed by atoms with Gasteiger partial charge in [-0.3, -0.25) is 0 Å². The average Bonchev–Trinajstić information content (AvgIpc) is 2.37. The Labute approximate surface area is 118 Å². The first-order chi connectivity index (χ1) is 8.91. The summed E-state index contributed by atoms with van der Waals surface area (Å²) in [4.78, 5) is 0. The van der Waals surface area contributed by atoms with Gasteiger partial charge in [-0.1, -0.05) is 33.6 Å². The average molecular weight is 291 g/mol. The Morgan fingerprint density at radius 1 is 1.42 bits per heavy atom. The molecule has 6 heteroatoms. The Morgan fingerprint density at radius 3 is 2.58 bits per heavy atom. The van der Waals surface area contributed by atoms with E-state index < -0.39 is 15.7 Å². The van der Waals surface area contributed by atoms with Gasteiger partial charge in [0.05, 0.1) is 0 Å². The summed E-state index contributed by atoms with van der Waals surface area (Å²) in [6.07, 6.45) is 4.75. The van der Waals surface area contributed by atoms with Crippen LogP contribution in [0.5, 0.6) is 0 Å². The van der Waals surface area contributed by atoms with E-state index in [4.69, 9.17) is 5.73 Å². The molecule has 5 nitrogen and oxygen atoms in total. The first kappa shape index (κ1) is 16.9. The summed E-state index contributed by atoms with van der Waals surface area (Å²) in [7, 11) is -3.42. The van der Waals surface area contributed by atoms with Gasteiger partial charge in [-0.2, -0.15) is 12.7 Å². The molecular weight excluding hydrogens is 262 g/mol. The van der Waals surface area contributed by atoms with Gasteiger partial charge in [0.15, 0.2) is 0 Å². The summed E-state index contributed by atoms with van der Waals surface area (Å²) in [5.74, 6) is 0.535. The summed E-state index contributed by atoms with van der Waals surface area (Å²) >= 11 is 0. The lowest BCUT2D eigenvalue weighted by Gasteiger charge is -2.46. The number of rotatable bonds is 7. The van der Waals surface area contributed by atoms with E-state index in [0.717, 1.165) is 25.7 Å². The quantitative estimate of drug-likeness (QED) is 0.745. The van der Waals surface area contributed by atoms with Gasteiger partial charge in [0, 0.05) is 25.2 Å². The lowest BCUT2D eigenvalue weighted by Crippen LogP contribution is -2.60. The van der Waals surface area contributed by atoms with Crippen molar-refractivity contribution in [3.63, 3.8) is 0 Å². The van der Waals surface area contributed by atoms with Crippen molar-refractivity contribution >= 4 is 10.2 Å². The smallest absolute Gasteiger partial charge is 0.279 e.